The predicted octanol–water partition coefficient (Wildman–Crippen LogP) is 4.75. The monoisotopic (exact) mass is 700 g/mol. The average Bonchev–Trinajstić information content (AvgIpc) is 3.24. The highest BCUT2D eigenvalue weighted by Gasteiger charge is 2.53. The number of sulfone groups is 1. The van der Waals surface area contributed by atoms with Gasteiger partial charge in [0.25, 0.3) is 11.8 Å². The van der Waals surface area contributed by atoms with E-state index in [1.165, 1.54) is 45.9 Å². The summed E-state index contributed by atoms with van der Waals surface area (Å²) in [6, 6.07) is 1.69. The maximum atomic E-state index is 13.7. The number of rotatable bonds is 7. The number of carbonyl (C=O) groups excluding carboxylic acids is 4. The van der Waals surface area contributed by atoms with Gasteiger partial charge in [-0.2, -0.15) is 31.6 Å². The van der Waals surface area contributed by atoms with Crippen LogP contribution in [0.25, 0.3) is 0 Å². The van der Waals surface area contributed by atoms with Crippen LogP contribution in [0.4, 0.5) is 47.3 Å². The lowest BCUT2D eigenvalue weighted by Crippen LogP contribution is -2.45. The molecule has 48 heavy (non-hydrogen) atoms. The second kappa shape index (κ2) is 11.6. The van der Waals surface area contributed by atoms with Gasteiger partial charge in [0.05, 0.1) is 33.6 Å². The van der Waals surface area contributed by atoms with E-state index in [0.29, 0.717) is 34.3 Å². The molecule has 12 nitrogen and oxygen atoms in total. The third kappa shape index (κ3) is 6.07. The fourth-order valence-electron chi connectivity index (χ4n) is 5.18. The number of nitrogens with zero attached hydrogens (tertiary/aromatic N) is 6. The first-order valence-electron chi connectivity index (χ1n) is 13.7. The first-order chi connectivity index (χ1) is 21.9. The van der Waals surface area contributed by atoms with Crippen molar-refractivity contribution in [2.75, 3.05) is 29.1 Å². The van der Waals surface area contributed by atoms with Gasteiger partial charge in [-0.15, -0.1) is 0 Å². The van der Waals surface area contributed by atoms with Crippen molar-refractivity contribution in [2.45, 2.75) is 56.0 Å². The Hall–Kier alpha value is -4.99. The van der Waals surface area contributed by atoms with E-state index in [9.17, 15) is 53.9 Å². The number of alkyl halides is 6. The highest BCUT2D eigenvalue weighted by Crippen LogP contribution is 2.40. The van der Waals surface area contributed by atoms with Crippen molar-refractivity contribution in [1.82, 2.24) is 14.8 Å². The van der Waals surface area contributed by atoms with Gasteiger partial charge in [0.2, 0.25) is 0 Å². The molecule has 19 heteroatoms. The molecule has 0 bridgehead atoms. The molecule has 0 unspecified atom stereocenters. The molecule has 4 rings (SSSR count). The van der Waals surface area contributed by atoms with Crippen LogP contribution in [0.1, 0.15) is 44.5 Å². The van der Waals surface area contributed by atoms with Gasteiger partial charge in [-0.05, 0) is 52.0 Å². The summed E-state index contributed by atoms with van der Waals surface area (Å²) >= 11 is 0. The summed E-state index contributed by atoms with van der Waals surface area (Å²) in [5.74, 6) is -1.80. The largest absolute Gasteiger partial charge is 0.419 e. The van der Waals surface area contributed by atoms with E-state index >= 15 is 0 Å². The Labute approximate surface area is 269 Å². The minimum absolute atomic E-state index is 0.300. The summed E-state index contributed by atoms with van der Waals surface area (Å²) in [5.41, 5.74) is -8.15. The van der Waals surface area contributed by atoms with Crippen LogP contribution in [-0.2, 0) is 31.8 Å². The third-order valence-electron chi connectivity index (χ3n) is 7.86. The molecule has 1 aromatic carbocycles. The van der Waals surface area contributed by atoms with Gasteiger partial charge in [0, 0.05) is 19.3 Å². The molecular weight excluding hydrogens is 674 g/mol. The predicted molar refractivity (Wildman–Crippen MR) is 155 cm³/mol. The van der Waals surface area contributed by atoms with Gasteiger partial charge in [0.15, 0.2) is 15.5 Å². The molecule has 0 radical (unpaired) electrons. The zero-order valence-electron chi connectivity index (χ0n) is 25.8. The number of aromatic nitrogens is 1. The van der Waals surface area contributed by atoms with Gasteiger partial charge < -0.3 is 9.80 Å². The summed E-state index contributed by atoms with van der Waals surface area (Å²) in [5, 5.41) is 9.00. The average molecular weight is 701 g/mol. The van der Waals surface area contributed by atoms with E-state index in [0.717, 1.165) is 22.1 Å². The molecule has 6 amide bonds. The Morgan fingerprint density at radius 3 is 1.65 bits per heavy atom. The van der Waals surface area contributed by atoms with Gasteiger partial charge >= 0.3 is 24.4 Å². The molecule has 256 valence electrons. The molecule has 0 atom stereocenters. The Morgan fingerprint density at radius 2 is 1.23 bits per heavy atom. The molecule has 2 aromatic rings. The number of anilines is 2. The van der Waals surface area contributed by atoms with E-state index in [1.54, 1.807) is 0 Å². The first kappa shape index (κ1) is 35.9. The third-order valence-corrected chi connectivity index (χ3v) is 9.01. The summed E-state index contributed by atoms with van der Waals surface area (Å²) in [4.78, 5) is 58.4. The summed E-state index contributed by atoms with van der Waals surface area (Å²) in [6.45, 7) is 4.75. The normalized spacial score (nSPS) is 18.5. The van der Waals surface area contributed by atoms with Gasteiger partial charge in [-0.1, -0.05) is 12.2 Å². The van der Waals surface area contributed by atoms with Crippen molar-refractivity contribution >= 4 is 45.1 Å². The van der Waals surface area contributed by atoms with Crippen LogP contribution in [0.5, 0.6) is 0 Å². The van der Waals surface area contributed by atoms with E-state index < -0.39 is 90.2 Å². The number of urea groups is 2. The van der Waals surface area contributed by atoms with Crippen molar-refractivity contribution in [3.8, 4) is 6.07 Å². The van der Waals surface area contributed by atoms with Crippen LogP contribution in [0.3, 0.4) is 0 Å². The minimum Gasteiger partial charge on any atom is -0.306 e. The lowest BCUT2D eigenvalue weighted by molar-refractivity contribution is -0.140. The Balaban J connectivity index is 1.57. The fourth-order valence-corrected chi connectivity index (χ4v) is 6.07. The minimum atomic E-state index is -5.13. The number of nitriles is 1. The second-order valence-electron chi connectivity index (χ2n) is 11.8. The van der Waals surface area contributed by atoms with Gasteiger partial charge in [-0.25, -0.2) is 32.8 Å². The van der Waals surface area contributed by atoms with Crippen LogP contribution in [0, 0.1) is 11.3 Å². The molecule has 0 spiro atoms. The van der Waals surface area contributed by atoms with Crippen LogP contribution < -0.4 is 9.80 Å². The Kier molecular flexibility index (Phi) is 8.67. The molecule has 3 heterocycles. The molecule has 2 aliphatic rings. The second-order valence-corrected chi connectivity index (χ2v) is 13.8. The van der Waals surface area contributed by atoms with Crippen molar-refractivity contribution in [3.63, 3.8) is 0 Å². The van der Waals surface area contributed by atoms with E-state index in [4.69, 9.17) is 5.26 Å². The van der Waals surface area contributed by atoms with Crippen molar-refractivity contribution in [2.24, 2.45) is 0 Å². The maximum Gasteiger partial charge on any atom is 0.419 e. The Bertz CT molecular complexity index is 1920. The van der Waals surface area contributed by atoms with Crippen molar-refractivity contribution in [3.05, 3.63) is 59.4 Å². The quantitative estimate of drug-likeness (QED) is 0.228. The molecule has 2 aliphatic heterocycles. The van der Waals surface area contributed by atoms with Gasteiger partial charge in [-0.3, -0.25) is 9.59 Å². The molecule has 0 saturated carbocycles. The number of hydrogen-bond acceptors (Lipinski definition) is 8. The van der Waals surface area contributed by atoms with Crippen LogP contribution in [0.15, 0.2) is 47.5 Å². The molecule has 2 fully saturated rings. The Morgan fingerprint density at radius 1 is 0.792 bits per heavy atom. The standard InChI is InChI=1S/C29H26F6N6O6S/c1-26(2)22(42)40(16-8-9-21(48(5,46)47)19(12-16)29(33,34)35)24(44)38(26)10-6-7-11-39-25(45)41(23(43)27(39,3)4)17-13-18(28(30,31)32)20(14-36)37-15-17/h6-9,12-13,15H,10-11H2,1-5H3/b7-6-. The molecule has 0 aliphatic carbocycles. The molecule has 2 saturated heterocycles. The van der Waals surface area contributed by atoms with Crippen LogP contribution in [0.2, 0.25) is 0 Å². The lowest BCUT2D eigenvalue weighted by Gasteiger charge is -2.27. The highest BCUT2D eigenvalue weighted by atomic mass is 32.2. The zero-order chi connectivity index (χ0) is 36.4. The highest BCUT2D eigenvalue weighted by molar-refractivity contribution is 7.90. The fraction of sp³-hybridized carbons (Fsp3) is 0.379. The van der Waals surface area contributed by atoms with Crippen molar-refractivity contribution < 1.29 is 53.9 Å². The molecule has 1 aromatic heterocycles. The first-order valence-corrected chi connectivity index (χ1v) is 15.6. The molecular formula is C29H26F6N6O6S. The van der Waals surface area contributed by atoms with Crippen LogP contribution >= 0.6 is 0 Å². The SMILES string of the molecule is CC1(C)C(=O)N(c2ccc(S(C)(=O)=O)c(C(F)(F)F)c2)C(=O)N1C/C=C\CN1C(=O)N(c2cnc(C#N)c(C(F)(F)F)c2)C(=O)C1(C)C. The molecule has 0 N–H and O–H groups in total. The van der Waals surface area contributed by atoms with E-state index in [-0.39, 0.29) is 13.1 Å². The summed E-state index contributed by atoms with van der Waals surface area (Å²) < 4.78 is 106. The topological polar surface area (TPSA) is 152 Å². The summed E-state index contributed by atoms with van der Waals surface area (Å²) in [7, 11) is -4.33. The zero-order valence-corrected chi connectivity index (χ0v) is 26.6. The number of carbonyl (C=O) groups is 4. The van der Waals surface area contributed by atoms with Crippen LogP contribution in [-0.4, -0.2) is 77.5 Å². The number of benzene rings is 1. The number of pyridine rings is 1. The number of hydrogen-bond donors (Lipinski definition) is 0. The van der Waals surface area contributed by atoms with Gasteiger partial charge in [0.1, 0.15) is 17.1 Å². The number of halogens is 6. The van der Waals surface area contributed by atoms with Crippen molar-refractivity contribution in [1.29, 1.82) is 5.26 Å². The van der Waals surface area contributed by atoms with E-state index in [1.807, 2.05) is 0 Å². The lowest BCUT2D eigenvalue weighted by atomic mass is 10.0. The number of imide groups is 2. The van der Waals surface area contributed by atoms with E-state index in [2.05, 4.69) is 4.98 Å². The maximum absolute atomic E-state index is 13.7. The number of amides is 6. The summed E-state index contributed by atoms with van der Waals surface area (Å²) in [6.07, 6.45) is -6.09. The smallest absolute Gasteiger partial charge is 0.306 e.